The summed E-state index contributed by atoms with van der Waals surface area (Å²) in [4.78, 5) is 13.9. The van der Waals surface area contributed by atoms with E-state index in [0.717, 1.165) is 32.5 Å². The summed E-state index contributed by atoms with van der Waals surface area (Å²) < 4.78 is 5.34. The first-order valence-corrected chi connectivity index (χ1v) is 6.21. The first-order valence-electron chi connectivity index (χ1n) is 6.21. The highest BCUT2D eigenvalue weighted by Gasteiger charge is 2.58. The molecular weight excluding hydrogens is 206 g/mol. The van der Waals surface area contributed by atoms with Crippen LogP contribution in [0.15, 0.2) is 0 Å². The van der Waals surface area contributed by atoms with Crippen molar-refractivity contribution in [1.82, 2.24) is 4.90 Å². The summed E-state index contributed by atoms with van der Waals surface area (Å²) in [5, 5.41) is 8.91. The summed E-state index contributed by atoms with van der Waals surface area (Å²) >= 11 is 0. The Labute approximate surface area is 96.6 Å². The average molecular weight is 227 g/mol. The number of nitrogens with zero attached hydrogens (tertiary/aromatic N) is 1. The van der Waals surface area contributed by atoms with E-state index in [1.54, 1.807) is 4.90 Å². The van der Waals surface area contributed by atoms with E-state index in [2.05, 4.69) is 0 Å². The van der Waals surface area contributed by atoms with Gasteiger partial charge in [-0.1, -0.05) is 0 Å². The second-order valence-corrected chi connectivity index (χ2v) is 4.87. The standard InChI is InChI=1S/C12H21NO3/c1-2-13(5-6-14)11(15)10-9-12(10)3-7-16-8-4-12/h10,14H,2-9H2,1H3. The van der Waals surface area contributed by atoms with Gasteiger partial charge in [-0.15, -0.1) is 0 Å². The Kier molecular flexibility index (Phi) is 3.50. The van der Waals surface area contributed by atoms with Crippen molar-refractivity contribution < 1.29 is 14.6 Å². The van der Waals surface area contributed by atoms with Crippen molar-refractivity contribution in [2.45, 2.75) is 26.2 Å². The number of aliphatic hydroxyl groups is 1. The van der Waals surface area contributed by atoms with Gasteiger partial charge in [-0.25, -0.2) is 0 Å². The monoisotopic (exact) mass is 227 g/mol. The molecule has 2 fully saturated rings. The van der Waals surface area contributed by atoms with E-state index in [-0.39, 0.29) is 23.8 Å². The van der Waals surface area contributed by atoms with Gasteiger partial charge >= 0.3 is 0 Å². The normalized spacial score (nSPS) is 26.8. The molecule has 1 atom stereocenters. The van der Waals surface area contributed by atoms with Crippen LogP contribution in [0.3, 0.4) is 0 Å². The molecule has 1 spiro atoms. The zero-order valence-corrected chi connectivity index (χ0v) is 9.95. The maximum absolute atomic E-state index is 12.2. The lowest BCUT2D eigenvalue weighted by molar-refractivity contribution is -0.134. The molecule has 1 aliphatic carbocycles. The second kappa shape index (κ2) is 4.72. The lowest BCUT2D eigenvalue weighted by Crippen LogP contribution is -2.36. The van der Waals surface area contributed by atoms with E-state index in [1.165, 1.54) is 0 Å². The van der Waals surface area contributed by atoms with Gasteiger partial charge in [0.2, 0.25) is 5.91 Å². The largest absolute Gasteiger partial charge is 0.395 e. The van der Waals surface area contributed by atoms with E-state index in [1.807, 2.05) is 6.92 Å². The smallest absolute Gasteiger partial charge is 0.226 e. The quantitative estimate of drug-likeness (QED) is 0.767. The summed E-state index contributed by atoms with van der Waals surface area (Å²) in [5.41, 5.74) is 0.248. The number of carbonyl (C=O) groups is 1. The molecule has 1 saturated carbocycles. The summed E-state index contributed by atoms with van der Waals surface area (Å²) in [7, 11) is 0. The minimum Gasteiger partial charge on any atom is -0.395 e. The molecule has 4 nitrogen and oxygen atoms in total. The molecule has 2 rings (SSSR count). The molecule has 1 amide bonds. The van der Waals surface area contributed by atoms with Crippen LogP contribution >= 0.6 is 0 Å². The third kappa shape index (κ3) is 2.09. The number of hydrogen-bond acceptors (Lipinski definition) is 3. The molecule has 2 aliphatic rings. The fourth-order valence-electron chi connectivity index (χ4n) is 2.79. The van der Waals surface area contributed by atoms with Crippen molar-refractivity contribution in [2.24, 2.45) is 11.3 Å². The Hall–Kier alpha value is -0.610. The minimum atomic E-state index is 0.0579. The van der Waals surface area contributed by atoms with Crippen molar-refractivity contribution in [2.75, 3.05) is 32.9 Å². The van der Waals surface area contributed by atoms with Gasteiger partial charge in [-0.3, -0.25) is 4.79 Å². The Morgan fingerprint density at radius 2 is 2.19 bits per heavy atom. The van der Waals surface area contributed by atoms with Gasteiger partial charge in [0.15, 0.2) is 0 Å². The Morgan fingerprint density at radius 3 is 2.75 bits per heavy atom. The van der Waals surface area contributed by atoms with Crippen LogP contribution in [0, 0.1) is 11.3 Å². The molecule has 1 N–H and O–H groups in total. The molecular formula is C12H21NO3. The molecule has 92 valence electrons. The van der Waals surface area contributed by atoms with Gasteiger partial charge in [-0.2, -0.15) is 0 Å². The minimum absolute atomic E-state index is 0.0579. The summed E-state index contributed by atoms with van der Waals surface area (Å²) in [6.45, 7) is 4.79. The third-order valence-corrected chi connectivity index (χ3v) is 4.04. The number of hydrogen-bond donors (Lipinski definition) is 1. The van der Waals surface area contributed by atoms with Gasteiger partial charge in [0, 0.05) is 32.2 Å². The fourth-order valence-corrected chi connectivity index (χ4v) is 2.79. The van der Waals surface area contributed by atoms with Crippen LogP contribution in [0.25, 0.3) is 0 Å². The molecule has 1 aliphatic heterocycles. The highest BCUT2D eigenvalue weighted by atomic mass is 16.5. The maximum Gasteiger partial charge on any atom is 0.226 e. The van der Waals surface area contributed by atoms with Crippen molar-refractivity contribution in [3.8, 4) is 0 Å². The van der Waals surface area contributed by atoms with Crippen LogP contribution in [-0.4, -0.2) is 48.8 Å². The van der Waals surface area contributed by atoms with Gasteiger partial charge in [0.1, 0.15) is 0 Å². The van der Waals surface area contributed by atoms with E-state index < -0.39 is 0 Å². The first kappa shape index (κ1) is 11.9. The molecule has 0 aromatic carbocycles. The summed E-state index contributed by atoms with van der Waals surface area (Å²) in [5.74, 6) is 0.432. The molecule has 0 aromatic heterocycles. The van der Waals surface area contributed by atoms with E-state index >= 15 is 0 Å². The zero-order valence-electron chi connectivity index (χ0n) is 9.95. The van der Waals surface area contributed by atoms with Gasteiger partial charge < -0.3 is 14.7 Å². The van der Waals surface area contributed by atoms with Crippen molar-refractivity contribution in [3.05, 3.63) is 0 Å². The highest BCUT2D eigenvalue weighted by Crippen LogP contribution is 2.59. The molecule has 0 bridgehead atoms. The zero-order chi connectivity index (χ0) is 11.6. The first-order chi connectivity index (χ1) is 7.73. The predicted octanol–water partition coefficient (Wildman–Crippen LogP) is 0.644. The van der Waals surface area contributed by atoms with Crippen LogP contribution in [0.1, 0.15) is 26.2 Å². The third-order valence-electron chi connectivity index (χ3n) is 4.04. The Morgan fingerprint density at radius 1 is 1.50 bits per heavy atom. The maximum atomic E-state index is 12.2. The van der Waals surface area contributed by atoms with E-state index in [9.17, 15) is 4.79 Å². The van der Waals surface area contributed by atoms with Gasteiger partial charge in [0.05, 0.1) is 6.61 Å². The van der Waals surface area contributed by atoms with Crippen LogP contribution in [-0.2, 0) is 9.53 Å². The highest BCUT2D eigenvalue weighted by molar-refractivity contribution is 5.82. The Balaban J connectivity index is 1.91. The van der Waals surface area contributed by atoms with Gasteiger partial charge in [-0.05, 0) is 31.6 Å². The van der Waals surface area contributed by atoms with E-state index in [4.69, 9.17) is 9.84 Å². The molecule has 1 unspecified atom stereocenters. The molecule has 1 heterocycles. The molecule has 1 saturated heterocycles. The second-order valence-electron chi connectivity index (χ2n) is 4.87. The number of aliphatic hydroxyl groups excluding tert-OH is 1. The van der Waals surface area contributed by atoms with Crippen molar-refractivity contribution in [1.29, 1.82) is 0 Å². The topological polar surface area (TPSA) is 49.8 Å². The van der Waals surface area contributed by atoms with Crippen molar-refractivity contribution in [3.63, 3.8) is 0 Å². The molecule has 0 radical (unpaired) electrons. The number of likely N-dealkylation sites (N-methyl/N-ethyl adjacent to an activating group) is 1. The molecule has 4 heteroatoms. The number of carbonyl (C=O) groups excluding carboxylic acids is 1. The van der Waals surface area contributed by atoms with E-state index in [0.29, 0.717) is 13.1 Å². The average Bonchev–Trinajstić information content (AvgIpc) is 3.00. The predicted molar refractivity (Wildman–Crippen MR) is 59.9 cm³/mol. The van der Waals surface area contributed by atoms with Crippen LogP contribution < -0.4 is 0 Å². The summed E-state index contributed by atoms with van der Waals surface area (Å²) in [6.07, 6.45) is 3.08. The summed E-state index contributed by atoms with van der Waals surface area (Å²) in [6, 6.07) is 0. The fraction of sp³-hybridized carbons (Fsp3) is 0.917. The van der Waals surface area contributed by atoms with Crippen LogP contribution in [0.5, 0.6) is 0 Å². The van der Waals surface area contributed by atoms with Crippen LogP contribution in [0.2, 0.25) is 0 Å². The van der Waals surface area contributed by atoms with Gasteiger partial charge in [0.25, 0.3) is 0 Å². The van der Waals surface area contributed by atoms with Crippen LogP contribution in [0.4, 0.5) is 0 Å². The number of amides is 1. The number of ether oxygens (including phenoxy) is 1. The lowest BCUT2D eigenvalue weighted by atomic mass is 9.93. The molecule has 0 aromatic rings. The SMILES string of the molecule is CCN(CCO)C(=O)C1CC12CCOCC2. The lowest BCUT2D eigenvalue weighted by Gasteiger charge is -2.25. The van der Waals surface area contributed by atoms with Crippen molar-refractivity contribution >= 4 is 5.91 Å². The molecule has 16 heavy (non-hydrogen) atoms. The Bertz CT molecular complexity index is 261. The number of rotatable bonds is 4.